The van der Waals surface area contributed by atoms with Crippen molar-refractivity contribution >= 4 is 33.5 Å². The maximum Gasteiger partial charge on any atom is 0.305 e. The number of aliphatic carboxylic acids is 1. The number of aryl methyl sites for hydroxylation is 1. The molecule has 0 radical (unpaired) electrons. The van der Waals surface area contributed by atoms with E-state index in [9.17, 15) is 9.59 Å². The molecule has 134 valence electrons. The van der Waals surface area contributed by atoms with E-state index in [1.54, 1.807) is 29.2 Å². The fourth-order valence-corrected chi connectivity index (χ4v) is 2.70. The maximum absolute atomic E-state index is 12.3. The average molecular weight is 418 g/mol. The number of anilines is 1. The van der Waals surface area contributed by atoms with E-state index in [-0.39, 0.29) is 24.6 Å². The molecule has 0 bridgehead atoms. The highest BCUT2D eigenvalue weighted by Gasteiger charge is 2.11. The number of nitrogens with one attached hydrogen (secondary N) is 1. The number of halogens is 1. The topological polar surface area (TPSA) is 102 Å². The molecule has 0 atom stereocenters. The Morgan fingerprint density at radius 2 is 2.08 bits per heavy atom. The first-order valence-electron chi connectivity index (χ1n) is 7.83. The smallest absolute Gasteiger partial charge is 0.305 e. The molecule has 0 saturated carbocycles. The molecule has 2 N–H and O–H groups in total. The van der Waals surface area contributed by atoms with Crippen molar-refractivity contribution in [3.05, 3.63) is 64.7 Å². The quantitative estimate of drug-likeness (QED) is 0.614. The van der Waals surface area contributed by atoms with Crippen LogP contribution in [0.3, 0.4) is 0 Å². The molecule has 3 aromatic rings. The molecule has 0 aliphatic rings. The third kappa shape index (κ3) is 4.79. The zero-order chi connectivity index (χ0) is 18.5. The Balaban J connectivity index is 1.64. The lowest BCUT2D eigenvalue weighted by molar-refractivity contribution is -0.137. The molecule has 2 aromatic heterocycles. The van der Waals surface area contributed by atoms with Gasteiger partial charge >= 0.3 is 5.97 Å². The summed E-state index contributed by atoms with van der Waals surface area (Å²) < 4.78 is 4.13. The Morgan fingerprint density at radius 3 is 2.81 bits per heavy atom. The van der Waals surface area contributed by atoms with Gasteiger partial charge in [-0.15, -0.1) is 0 Å². The Labute approximate surface area is 157 Å². The number of amides is 1. The van der Waals surface area contributed by atoms with Gasteiger partial charge in [0.2, 0.25) is 0 Å². The number of aromatic nitrogens is 4. The van der Waals surface area contributed by atoms with Crippen LogP contribution in [0.25, 0.3) is 0 Å². The second-order valence-electron chi connectivity index (χ2n) is 5.62. The summed E-state index contributed by atoms with van der Waals surface area (Å²) in [6.45, 7) is 0.802. The molecule has 0 fully saturated rings. The third-order valence-corrected chi connectivity index (χ3v) is 3.97. The van der Waals surface area contributed by atoms with Crippen molar-refractivity contribution in [1.29, 1.82) is 0 Å². The van der Waals surface area contributed by atoms with Gasteiger partial charge in [-0.1, -0.05) is 12.1 Å². The largest absolute Gasteiger partial charge is 0.481 e. The van der Waals surface area contributed by atoms with E-state index in [2.05, 4.69) is 31.4 Å². The number of carboxylic acids is 1. The van der Waals surface area contributed by atoms with E-state index in [0.717, 1.165) is 10.0 Å². The maximum atomic E-state index is 12.3. The minimum atomic E-state index is -0.910. The molecule has 0 aliphatic heterocycles. The van der Waals surface area contributed by atoms with Crippen LogP contribution in [0, 0.1) is 0 Å². The number of nitrogens with zero attached hydrogens (tertiary/aromatic N) is 4. The van der Waals surface area contributed by atoms with E-state index in [1.807, 2.05) is 24.4 Å². The van der Waals surface area contributed by atoms with Gasteiger partial charge in [-0.05, 0) is 39.7 Å². The van der Waals surface area contributed by atoms with Crippen molar-refractivity contribution in [2.75, 3.05) is 5.32 Å². The molecular formula is C17H16BrN5O3. The minimum Gasteiger partial charge on any atom is -0.481 e. The summed E-state index contributed by atoms with van der Waals surface area (Å²) in [6, 6.07) is 9.03. The number of carbonyl (C=O) groups is 2. The van der Waals surface area contributed by atoms with Crippen molar-refractivity contribution in [2.45, 2.75) is 19.5 Å². The van der Waals surface area contributed by atoms with Crippen LogP contribution in [0.1, 0.15) is 22.5 Å². The average Bonchev–Trinajstić information content (AvgIpc) is 3.22. The van der Waals surface area contributed by atoms with Gasteiger partial charge in [0.15, 0.2) is 5.69 Å². The summed E-state index contributed by atoms with van der Waals surface area (Å²) >= 11 is 3.36. The molecule has 0 unspecified atom stereocenters. The van der Waals surface area contributed by atoms with Crippen molar-refractivity contribution < 1.29 is 14.7 Å². The highest BCUT2D eigenvalue weighted by atomic mass is 79.9. The van der Waals surface area contributed by atoms with Gasteiger partial charge in [-0.3, -0.25) is 19.0 Å². The van der Waals surface area contributed by atoms with Crippen LogP contribution >= 0.6 is 15.9 Å². The van der Waals surface area contributed by atoms with Crippen LogP contribution < -0.4 is 5.32 Å². The fraction of sp³-hybridized carbons (Fsp3) is 0.176. The van der Waals surface area contributed by atoms with Gasteiger partial charge in [0, 0.05) is 18.1 Å². The van der Waals surface area contributed by atoms with Gasteiger partial charge in [-0.25, -0.2) is 0 Å². The monoisotopic (exact) mass is 417 g/mol. The predicted octanol–water partition coefficient (Wildman–Crippen LogP) is 2.62. The highest BCUT2D eigenvalue weighted by Crippen LogP contribution is 2.14. The standard InChI is InChI=1S/C17H16BrN5O3/c18-13-9-19-23(11-13)10-12-2-1-3-14(8-12)20-17(26)15-4-6-22(21-15)7-5-16(24)25/h1-4,6,8-9,11H,5,7,10H2,(H,20,26)(H,24,25). The zero-order valence-electron chi connectivity index (χ0n) is 13.7. The van der Waals surface area contributed by atoms with E-state index < -0.39 is 5.97 Å². The number of benzene rings is 1. The van der Waals surface area contributed by atoms with Crippen LogP contribution in [0.15, 0.2) is 53.4 Å². The number of carboxylic acid groups (broad SMARTS) is 1. The summed E-state index contributed by atoms with van der Waals surface area (Å²) in [5, 5.41) is 19.8. The van der Waals surface area contributed by atoms with Gasteiger partial charge in [0.25, 0.3) is 5.91 Å². The molecule has 1 aromatic carbocycles. The van der Waals surface area contributed by atoms with Gasteiger partial charge in [-0.2, -0.15) is 10.2 Å². The molecule has 1 amide bonds. The van der Waals surface area contributed by atoms with Gasteiger partial charge in [0.1, 0.15) is 0 Å². The van der Waals surface area contributed by atoms with Crippen molar-refractivity contribution in [3.63, 3.8) is 0 Å². The Morgan fingerprint density at radius 1 is 1.23 bits per heavy atom. The summed E-state index contributed by atoms with van der Waals surface area (Å²) in [4.78, 5) is 22.9. The number of rotatable bonds is 7. The third-order valence-electron chi connectivity index (χ3n) is 3.56. The first-order valence-corrected chi connectivity index (χ1v) is 8.62. The first-order chi connectivity index (χ1) is 12.5. The zero-order valence-corrected chi connectivity index (χ0v) is 15.3. The molecule has 0 saturated heterocycles. The molecule has 26 heavy (non-hydrogen) atoms. The lowest BCUT2D eigenvalue weighted by Gasteiger charge is -2.07. The van der Waals surface area contributed by atoms with Crippen molar-refractivity contribution in [1.82, 2.24) is 19.6 Å². The van der Waals surface area contributed by atoms with E-state index >= 15 is 0 Å². The summed E-state index contributed by atoms with van der Waals surface area (Å²) in [5.74, 6) is -1.26. The number of carbonyl (C=O) groups excluding carboxylic acids is 1. The van der Waals surface area contributed by atoms with Crippen LogP contribution in [0.4, 0.5) is 5.69 Å². The lowest BCUT2D eigenvalue weighted by atomic mass is 10.2. The molecule has 0 aliphatic carbocycles. The van der Waals surface area contributed by atoms with E-state index in [0.29, 0.717) is 12.2 Å². The fourth-order valence-electron chi connectivity index (χ4n) is 2.37. The molecule has 8 nitrogen and oxygen atoms in total. The van der Waals surface area contributed by atoms with Gasteiger partial charge < -0.3 is 10.4 Å². The molecular weight excluding hydrogens is 402 g/mol. The van der Waals surface area contributed by atoms with E-state index in [1.165, 1.54) is 4.68 Å². The highest BCUT2D eigenvalue weighted by molar-refractivity contribution is 9.10. The predicted molar refractivity (Wildman–Crippen MR) is 97.9 cm³/mol. The second kappa shape index (κ2) is 7.96. The van der Waals surface area contributed by atoms with Crippen LogP contribution in [0.5, 0.6) is 0 Å². The van der Waals surface area contributed by atoms with Gasteiger partial charge in [0.05, 0.1) is 30.2 Å². The van der Waals surface area contributed by atoms with Crippen LogP contribution in [-0.2, 0) is 17.9 Å². The molecule has 2 heterocycles. The summed E-state index contributed by atoms with van der Waals surface area (Å²) in [7, 11) is 0. The lowest BCUT2D eigenvalue weighted by Crippen LogP contribution is -2.14. The SMILES string of the molecule is O=C(O)CCn1ccc(C(=O)Nc2cccc(Cn3cc(Br)cn3)c2)n1. The number of hydrogen-bond acceptors (Lipinski definition) is 4. The van der Waals surface area contributed by atoms with Crippen molar-refractivity contribution in [3.8, 4) is 0 Å². The summed E-state index contributed by atoms with van der Waals surface area (Å²) in [5.41, 5.74) is 1.88. The van der Waals surface area contributed by atoms with Crippen LogP contribution in [0.2, 0.25) is 0 Å². The molecule has 9 heteroatoms. The Hall–Kier alpha value is -2.94. The summed E-state index contributed by atoms with van der Waals surface area (Å²) in [6.07, 6.45) is 5.12. The molecule has 0 spiro atoms. The number of hydrogen-bond donors (Lipinski definition) is 2. The first kappa shape index (κ1) is 17.9. The normalized spacial score (nSPS) is 10.7. The van der Waals surface area contributed by atoms with Crippen LogP contribution in [-0.4, -0.2) is 36.5 Å². The Kier molecular flexibility index (Phi) is 5.47. The Bertz CT molecular complexity index is 934. The molecule has 3 rings (SSSR count). The second-order valence-corrected chi connectivity index (χ2v) is 6.53. The minimum absolute atomic E-state index is 0.0473. The van der Waals surface area contributed by atoms with Crippen molar-refractivity contribution in [2.24, 2.45) is 0 Å². The van der Waals surface area contributed by atoms with E-state index in [4.69, 9.17) is 5.11 Å².